The van der Waals surface area contributed by atoms with Crippen molar-refractivity contribution in [2.24, 2.45) is 5.92 Å². The first-order valence-corrected chi connectivity index (χ1v) is 9.80. The van der Waals surface area contributed by atoms with Gasteiger partial charge in [0, 0.05) is 12.6 Å². The maximum absolute atomic E-state index is 13.1. The molecule has 8 heteroatoms. The second-order valence-electron chi connectivity index (χ2n) is 7.88. The van der Waals surface area contributed by atoms with Crippen molar-refractivity contribution in [1.82, 2.24) is 20.0 Å². The second-order valence-corrected chi connectivity index (χ2v) is 7.88. The summed E-state index contributed by atoms with van der Waals surface area (Å²) in [7, 11) is 3.86. The number of amides is 1. The zero-order valence-electron chi connectivity index (χ0n) is 16.9. The summed E-state index contributed by atoms with van der Waals surface area (Å²) in [5.41, 5.74) is 0. The van der Waals surface area contributed by atoms with Gasteiger partial charge in [-0.3, -0.25) is 9.59 Å². The average molecular weight is 380 g/mol. The number of carbonyl (C=O) groups excluding carboxylic acids is 2. The molecule has 1 heterocycles. The lowest BCUT2D eigenvalue weighted by Gasteiger charge is -2.36. The highest BCUT2D eigenvalue weighted by atomic mass is 16.6. The van der Waals surface area contributed by atoms with E-state index in [2.05, 4.69) is 10.2 Å². The van der Waals surface area contributed by atoms with Crippen molar-refractivity contribution in [2.75, 3.05) is 27.2 Å². The van der Waals surface area contributed by atoms with Gasteiger partial charge in [0.25, 0.3) is 5.89 Å². The molecule has 1 fully saturated rings. The highest BCUT2D eigenvalue weighted by Gasteiger charge is 2.35. The number of nitrogens with zero attached hydrogens (tertiary/aromatic N) is 4. The van der Waals surface area contributed by atoms with E-state index in [4.69, 9.17) is 9.15 Å². The van der Waals surface area contributed by atoms with E-state index in [0.29, 0.717) is 19.6 Å². The molecular weight excluding hydrogens is 348 g/mol. The molecule has 1 unspecified atom stereocenters. The molecule has 0 bridgehead atoms. The van der Waals surface area contributed by atoms with E-state index in [1.807, 2.05) is 32.8 Å². The molecule has 0 N–H and O–H groups in total. The van der Waals surface area contributed by atoms with Crippen LogP contribution in [0.25, 0.3) is 0 Å². The summed E-state index contributed by atoms with van der Waals surface area (Å²) < 4.78 is 10.8. The molecule has 0 aromatic carbocycles. The third-order valence-electron chi connectivity index (χ3n) is 4.86. The molecule has 2 rings (SSSR count). The highest BCUT2D eigenvalue weighted by Crippen LogP contribution is 2.27. The molecule has 1 aliphatic carbocycles. The molecule has 1 amide bonds. The largest absolute Gasteiger partial charge is 0.448 e. The maximum atomic E-state index is 13.1. The molecule has 1 aromatic heterocycles. The van der Waals surface area contributed by atoms with Crippen LogP contribution in [0.2, 0.25) is 0 Å². The van der Waals surface area contributed by atoms with E-state index in [9.17, 15) is 9.59 Å². The van der Waals surface area contributed by atoms with Crippen LogP contribution in [0.5, 0.6) is 6.08 Å². The van der Waals surface area contributed by atoms with Crippen LogP contribution in [0.3, 0.4) is 0 Å². The first-order chi connectivity index (χ1) is 12.9. The number of likely N-dealkylation sites (N-methyl/N-ethyl adjacent to an activating group) is 1. The Morgan fingerprint density at radius 1 is 1.26 bits per heavy atom. The molecule has 1 aromatic rings. The molecule has 1 aliphatic rings. The van der Waals surface area contributed by atoms with Crippen LogP contribution in [-0.4, -0.2) is 71.5 Å². The van der Waals surface area contributed by atoms with Gasteiger partial charge in [-0.15, -0.1) is 5.10 Å². The lowest BCUT2D eigenvalue weighted by molar-refractivity contribution is -0.122. The van der Waals surface area contributed by atoms with Gasteiger partial charge in [0.05, 0.1) is 0 Å². The smallest absolute Gasteiger partial charge is 0.415 e. The van der Waals surface area contributed by atoms with E-state index in [1.54, 1.807) is 4.90 Å². The number of ketones is 1. The molecule has 27 heavy (non-hydrogen) atoms. The van der Waals surface area contributed by atoms with Crippen LogP contribution in [0.1, 0.15) is 63.1 Å². The Morgan fingerprint density at radius 3 is 2.56 bits per heavy atom. The monoisotopic (exact) mass is 380 g/mol. The van der Waals surface area contributed by atoms with Gasteiger partial charge < -0.3 is 19.0 Å². The van der Waals surface area contributed by atoms with Crippen LogP contribution >= 0.6 is 0 Å². The van der Waals surface area contributed by atoms with E-state index in [0.717, 1.165) is 32.1 Å². The molecular formula is C19H32N4O4. The van der Waals surface area contributed by atoms with Gasteiger partial charge in [-0.2, -0.15) is 0 Å². The van der Waals surface area contributed by atoms with Crippen molar-refractivity contribution >= 4 is 12.2 Å². The van der Waals surface area contributed by atoms with Crippen LogP contribution in [0.15, 0.2) is 4.42 Å². The predicted molar refractivity (Wildman–Crippen MR) is 101 cm³/mol. The van der Waals surface area contributed by atoms with Crippen molar-refractivity contribution in [2.45, 2.75) is 64.5 Å². The van der Waals surface area contributed by atoms with Gasteiger partial charge in [-0.25, -0.2) is 0 Å². The molecule has 0 saturated heterocycles. The van der Waals surface area contributed by atoms with Crippen molar-refractivity contribution < 1.29 is 18.7 Å². The zero-order chi connectivity index (χ0) is 19.8. The molecule has 0 aliphatic heterocycles. The Bertz CT molecular complexity index is 596. The van der Waals surface area contributed by atoms with Crippen LogP contribution in [0.4, 0.5) is 0 Å². The van der Waals surface area contributed by atoms with Crippen LogP contribution in [-0.2, 0) is 4.79 Å². The van der Waals surface area contributed by atoms with E-state index >= 15 is 0 Å². The number of ether oxygens (including phenoxy) is 1. The first-order valence-electron chi connectivity index (χ1n) is 9.80. The fourth-order valence-electron chi connectivity index (χ4n) is 3.43. The van der Waals surface area contributed by atoms with Crippen molar-refractivity contribution in [3.05, 3.63) is 5.89 Å². The summed E-state index contributed by atoms with van der Waals surface area (Å²) in [4.78, 5) is 28.6. The fraction of sp³-hybridized carbons (Fsp3) is 0.789. The molecule has 0 radical (unpaired) electrons. The molecule has 1 atom stereocenters. The van der Waals surface area contributed by atoms with Gasteiger partial charge in [0.2, 0.25) is 12.2 Å². The van der Waals surface area contributed by atoms with Gasteiger partial charge in [-0.05, 0) is 39.3 Å². The third-order valence-corrected chi connectivity index (χ3v) is 4.86. The minimum absolute atomic E-state index is 0.0150. The number of carbonyl (C=O) groups is 2. The van der Waals surface area contributed by atoms with E-state index < -0.39 is 6.04 Å². The quantitative estimate of drug-likeness (QED) is 0.430. The molecule has 0 spiro atoms. The number of Topliss-reactive ketones (excluding diaryl/α,β-unsaturated/α-hetero) is 1. The van der Waals surface area contributed by atoms with Gasteiger partial charge in [-0.1, -0.05) is 38.2 Å². The molecule has 8 nitrogen and oxygen atoms in total. The fourth-order valence-corrected chi connectivity index (χ4v) is 3.43. The maximum Gasteiger partial charge on any atom is 0.415 e. The van der Waals surface area contributed by atoms with Gasteiger partial charge in [0.15, 0.2) is 0 Å². The summed E-state index contributed by atoms with van der Waals surface area (Å²) in [6.07, 6.45) is 6.58. The molecule has 1 saturated carbocycles. The first kappa shape index (κ1) is 21.3. The van der Waals surface area contributed by atoms with E-state index in [1.165, 1.54) is 6.42 Å². The second kappa shape index (κ2) is 10.4. The Morgan fingerprint density at radius 2 is 1.96 bits per heavy atom. The topological polar surface area (TPSA) is 88.8 Å². The zero-order valence-corrected chi connectivity index (χ0v) is 16.9. The summed E-state index contributed by atoms with van der Waals surface area (Å²) in [6.45, 7) is 5.16. The Hall–Kier alpha value is -1.96. The number of hydrogen-bond acceptors (Lipinski definition) is 7. The predicted octanol–water partition coefficient (Wildman–Crippen LogP) is 2.40. The van der Waals surface area contributed by atoms with Crippen molar-refractivity contribution in [3.8, 4) is 6.08 Å². The van der Waals surface area contributed by atoms with E-state index in [-0.39, 0.29) is 29.7 Å². The third kappa shape index (κ3) is 6.30. The summed E-state index contributed by atoms with van der Waals surface area (Å²) in [5.74, 6) is -0.150. The minimum atomic E-state index is -0.583. The standard InChI is InChI=1S/C19H32N4O4/c1-14(2)12-16(23(13-24)15-8-6-5-7-9-15)17(25)18-20-21-19(27-18)26-11-10-22(3)4/h13-16H,5-12H2,1-4H3. The summed E-state index contributed by atoms with van der Waals surface area (Å²) in [6, 6.07) is -0.483. The Kier molecular flexibility index (Phi) is 8.22. The lowest BCUT2D eigenvalue weighted by atomic mass is 9.91. The summed E-state index contributed by atoms with van der Waals surface area (Å²) in [5, 5.41) is 7.66. The summed E-state index contributed by atoms with van der Waals surface area (Å²) >= 11 is 0. The number of hydrogen-bond donors (Lipinski definition) is 0. The molecule has 152 valence electrons. The highest BCUT2D eigenvalue weighted by molar-refractivity contribution is 5.97. The SMILES string of the molecule is CC(C)CC(C(=O)c1nnc(OCCN(C)C)o1)N(C=O)C1CCCCC1. The number of aromatic nitrogens is 2. The van der Waals surface area contributed by atoms with Gasteiger partial charge in [0.1, 0.15) is 12.6 Å². The Balaban J connectivity index is 2.11. The minimum Gasteiger partial charge on any atom is -0.448 e. The van der Waals surface area contributed by atoms with Crippen LogP contribution < -0.4 is 4.74 Å². The van der Waals surface area contributed by atoms with Crippen LogP contribution in [0, 0.1) is 5.92 Å². The number of rotatable bonds is 11. The van der Waals surface area contributed by atoms with Crippen molar-refractivity contribution in [1.29, 1.82) is 0 Å². The Labute approximate surface area is 161 Å². The average Bonchev–Trinajstić information content (AvgIpc) is 3.10. The lowest BCUT2D eigenvalue weighted by Crippen LogP contribution is -2.48. The normalized spacial score (nSPS) is 16.5. The van der Waals surface area contributed by atoms with Gasteiger partial charge >= 0.3 is 6.08 Å². The van der Waals surface area contributed by atoms with Crippen molar-refractivity contribution in [3.63, 3.8) is 0 Å².